The lowest BCUT2D eigenvalue weighted by Crippen LogP contribution is -2.27. The first-order valence-electron chi connectivity index (χ1n) is 7.26. The summed E-state index contributed by atoms with van der Waals surface area (Å²) in [6.07, 6.45) is 8.83. The maximum Gasteiger partial charge on any atom is 0.127 e. The Morgan fingerprint density at radius 3 is 2.83 bits per heavy atom. The van der Waals surface area contributed by atoms with E-state index >= 15 is 0 Å². The normalized spacial score (nSPS) is 18.3. The Morgan fingerprint density at radius 2 is 2.11 bits per heavy atom. The Labute approximate surface area is 110 Å². The minimum absolute atomic E-state index is 0.558. The van der Waals surface area contributed by atoms with Crippen LogP contribution in [0.25, 0.3) is 0 Å². The van der Waals surface area contributed by atoms with Gasteiger partial charge in [0, 0.05) is 30.5 Å². The van der Waals surface area contributed by atoms with Gasteiger partial charge in [-0.05, 0) is 38.7 Å². The molecule has 1 aromatic heterocycles. The zero-order valence-corrected chi connectivity index (χ0v) is 11.6. The van der Waals surface area contributed by atoms with Crippen LogP contribution in [0.4, 0.5) is 11.5 Å². The smallest absolute Gasteiger partial charge is 0.127 e. The van der Waals surface area contributed by atoms with E-state index in [9.17, 15) is 0 Å². The van der Waals surface area contributed by atoms with Gasteiger partial charge in [-0.3, -0.25) is 0 Å². The number of anilines is 2. The van der Waals surface area contributed by atoms with Crippen LogP contribution >= 0.6 is 0 Å². The van der Waals surface area contributed by atoms with Crippen molar-refractivity contribution in [2.75, 3.05) is 17.2 Å². The molecule has 0 saturated heterocycles. The Kier molecular flexibility index (Phi) is 4.85. The van der Waals surface area contributed by atoms with Crippen molar-refractivity contribution < 1.29 is 0 Å². The maximum atomic E-state index is 4.30. The van der Waals surface area contributed by atoms with Gasteiger partial charge in [0.1, 0.15) is 5.82 Å². The summed E-state index contributed by atoms with van der Waals surface area (Å²) in [6, 6.07) is 4.71. The fourth-order valence-corrected chi connectivity index (χ4v) is 2.81. The zero-order chi connectivity index (χ0) is 12.8. The van der Waals surface area contributed by atoms with Crippen LogP contribution in [0, 0.1) is 5.92 Å². The monoisotopic (exact) mass is 247 g/mol. The average molecular weight is 247 g/mol. The minimum Gasteiger partial charge on any atom is -0.382 e. The Hall–Kier alpha value is -1.25. The SMILES string of the molecule is CCNc1cc(NC(C)C2CCCCC2)ccn1. The average Bonchev–Trinajstić information content (AvgIpc) is 2.40. The van der Waals surface area contributed by atoms with Crippen molar-refractivity contribution in [2.24, 2.45) is 5.92 Å². The molecule has 0 radical (unpaired) electrons. The lowest BCUT2D eigenvalue weighted by molar-refractivity contribution is 0.328. The van der Waals surface area contributed by atoms with E-state index in [1.807, 2.05) is 6.20 Å². The van der Waals surface area contributed by atoms with Crippen LogP contribution in [0.3, 0.4) is 0 Å². The summed E-state index contributed by atoms with van der Waals surface area (Å²) in [7, 11) is 0. The quantitative estimate of drug-likeness (QED) is 0.828. The summed E-state index contributed by atoms with van der Waals surface area (Å²) >= 11 is 0. The lowest BCUT2D eigenvalue weighted by atomic mass is 9.84. The molecule has 1 aliphatic carbocycles. The highest BCUT2D eigenvalue weighted by atomic mass is 15.0. The van der Waals surface area contributed by atoms with E-state index < -0.39 is 0 Å². The highest BCUT2D eigenvalue weighted by Gasteiger charge is 2.19. The van der Waals surface area contributed by atoms with E-state index in [1.54, 1.807) is 0 Å². The summed E-state index contributed by atoms with van der Waals surface area (Å²) in [6.45, 7) is 5.31. The molecule has 1 unspecified atom stereocenters. The van der Waals surface area contributed by atoms with Gasteiger partial charge in [-0.15, -0.1) is 0 Å². The molecule has 0 aromatic carbocycles. The van der Waals surface area contributed by atoms with E-state index in [1.165, 1.54) is 37.8 Å². The zero-order valence-electron chi connectivity index (χ0n) is 11.6. The fraction of sp³-hybridized carbons (Fsp3) is 0.667. The van der Waals surface area contributed by atoms with Crippen molar-refractivity contribution in [1.82, 2.24) is 4.98 Å². The van der Waals surface area contributed by atoms with E-state index in [0.29, 0.717) is 6.04 Å². The molecule has 0 aliphatic heterocycles. The first-order chi connectivity index (χ1) is 8.79. The van der Waals surface area contributed by atoms with Crippen LogP contribution in [-0.4, -0.2) is 17.6 Å². The fourth-order valence-electron chi connectivity index (χ4n) is 2.81. The van der Waals surface area contributed by atoms with Crippen LogP contribution in [0.2, 0.25) is 0 Å². The molecule has 0 amide bonds. The van der Waals surface area contributed by atoms with Crippen molar-refractivity contribution in [3.05, 3.63) is 18.3 Å². The molecule has 1 aliphatic rings. The molecule has 1 saturated carbocycles. The number of pyridine rings is 1. The van der Waals surface area contributed by atoms with Gasteiger partial charge < -0.3 is 10.6 Å². The predicted octanol–water partition coefficient (Wildman–Crippen LogP) is 3.89. The molecule has 1 fully saturated rings. The van der Waals surface area contributed by atoms with Gasteiger partial charge >= 0.3 is 0 Å². The Morgan fingerprint density at radius 1 is 1.33 bits per heavy atom. The van der Waals surface area contributed by atoms with Gasteiger partial charge in [-0.1, -0.05) is 19.3 Å². The molecule has 0 spiro atoms. The maximum absolute atomic E-state index is 4.30. The second kappa shape index (κ2) is 6.62. The molecule has 100 valence electrons. The molecule has 18 heavy (non-hydrogen) atoms. The van der Waals surface area contributed by atoms with E-state index in [-0.39, 0.29) is 0 Å². The van der Waals surface area contributed by atoms with Crippen LogP contribution in [0.5, 0.6) is 0 Å². The van der Waals surface area contributed by atoms with Gasteiger partial charge in [0.15, 0.2) is 0 Å². The number of nitrogens with zero attached hydrogens (tertiary/aromatic N) is 1. The van der Waals surface area contributed by atoms with E-state index in [2.05, 4.69) is 41.6 Å². The lowest BCUT2D eigenvalue weighted by Gasteiger charge is -2.29. The predicted molar refractivity (Wildman–Crippen MR) is 78.1 cm³/mol. The first-order valence-corrected chi connectivity index (χ1v) is 7.26. The van der Waals surface area contributed by atoms with Gasteiger partial charge in [-0.2, -0.15) is 0 Å². The second-order valence-corrected chi connectivity index (χ2v) is 5.29. The number of hydrogen-bond acceptors (Lipinski definition) is 3. The van der Waals surface area contributed by atoms with Crippen LogP contribution in [0.15, 0.2) is 18.3 Å². The molecular weight excluding hydrogens is 222 g/mol. The molecule has 3 heteroatoms. The summed E-state index contributed by atoms with van der Waals surface area (Å²) in [4.78, 5) is 4.30. The molecule has 1 heterocycles. The number of aromatic nitrogens is 1. The summed E-state index contributed by atoms with van der Waals surface area (Å²) in [5.41, 5.74) is 1.18. The Balaban J connectivity index is 1.93. The second-order valence-electron chi connectivity index (χ2n) is 5.29. The largest absolute Gasteiger partial charge is 0.382 e. The number of rotatable bonds is 5. The van der Waals surface area contributed by atoms with Crippen molar-refractivity contribution in [2.45, 2.75) is 52.0 Å². The van der Waals surface area contributed by atoms with Gasteiger partial charge in [0.2, 0.25) is 0 Å². The Bertz CT molecular complexity index is 359. The molecule has 2 rings (SSSR count). The molecule has 2 N–H and O–H groups in total. The minimum atomic E-state index is 0.558. The van der Waals surface area contributed by atoms with Crippen LogP contribution in [-0.2, 0) is 0 Å². The third kappa shape index (κ3) is 3.62. The van der Waals surface area contributed by atoms with Gasteiger partial charge in [-0.25, -0.2) is 4.98 Å². The van der Waals surface area contributed by atoms with Crippen molar-refractivity contribution in [3.8, 4) is 0 Å². The van der Waals surface area contributed by atoms with E-state index in [4.69, 9.17) is 0 Å². The topological polar surface area (TPSA) is 37.0 Å². The third-order valence-corrected chi connectivity index (χ3v) is 3.87. The summed E-state index contributed by atoms with van der Waals surface area (Å²) in [5.74, 6) is 1.79. The van der Waals surface area contributed by atoms with Crippen molar-refractivity contribution >= 4 is 11.5 Å². The summed E-state index contributed by atoms with van der Waals surface area (Å²) < 4.78 is 0. The van der Waals surface area contributed by atoms with E-state index in [0.717, 1.165) is 18.3 Å². The van der Waals surface area contributed by atoms with Crippen LogP contribution < -0.4 is 10.6 Å². The third-order valence-electron chi connectivity index (χ3n) is 3.87. The van der Waals surface area contributed by atoms with Gasteiger partial charge in [0.25, 0.3) is 0 Å². The van der Waals surface area contributed by atoms with Gasteiger partial charge in [0.05, 0.1) is 0 Å². The van der Waals surface area contributed by atoms with Crippen molar-refractivity contribution in [3.63, 3.8) is 0 Å². The highest BCUT2D eigenvalue weighted by molar-refractivity contribution is 5.52. The standard InChI is InChI=1S/C15H25N3/c1-3-16-15-11-14(9-10-17-15)18-12(2)13-7-5-4-6-8-13/h9-13H,3-8H2,1-2H3,(H2,16,17,18). The summed E-state index contributed by atoms with van der Waals surface area (Å²) in [5, 5.41) is 6.88. The first kappa shape index (κ1) is 13.2. The number of hydrogen-bond donors (Lipinski definition) is 2. The molecule has 1 atom stereocenters. The van der Waals surface area contributed by atoms with Crippen LogP contribution in [0.1, 0.15) is 46.0 Å². The molecule has 0 bridgehead atoms. The molecule has 1 aromatic rings. The molecule has 3 nitrogen and oxygen atoms in total. The number of nitrogens with one attached hydrogen (secondary N) is 2. The molecular formula is C15H25N3. The van der Waals surface area contributed by atoms with Crippen molar-refractivity contribution in [1.29, 1.82) is 0 Å². The highest BCUT2D eigenvalue weighted by Crippen LogP contribution is 2.28.